The smallest absolute Gasteiger partial charge is 0.339 e. The Morgan fingerprint density at radius 1 is 0.971 bits per heavy atom. The van der Waals surface area contributed by atoms with Crippen LogP contribution < -0.4 is 10.9 Å². The molecule has 1 aromatic carbocycles. The number of hydrogen-bond acceptors (Lipinski definition) is 5. The summed E-state index contributed by atoms with van der Waals surface area (Å²) in [6.45, 7) is 11.0. The Morgan fingerprint density at radius 3 is 2.53 bits per heavy atom. The number of furan rings is 1. The van der Waals surface area contributed by atoms with Crippen LogP contribution in [0.25, 0.3) is 21.9 Å². The Morgan fingerprint density at radius 2 is 1.71 bits per heavy atom. The van der Waals surface area contributed by atoms with Gasteiger partial charge in [0.05, 0.1) is 0 Å². The van der Waals surface area contributed by atoms with Gasteiger partial charge < -0.3 is 19.1 Å². The molecule has 2 aliphatic rings. The van der Waals surface area contributed by atoms with E-state index < -0.39 is 0 Å². The van der Waals surface area contributed by atoms with Crippen LogP contribution in [0.1, 0.15) is 66.5 Å². The Hall–Kier alpha value is -2.60. The van der Waals surface area contributed by atoms with E-state index >= 15 is 0 Å². The topological polar surface area (TPSA) is 75.7 Å². The zero-order valence-electron chi connectivity index (χ0n) is 20.9. The molecular formula is C28H36N2O4. The molecule has 1 N–H and O–H groups in total. The molecular weight excluding hydrogens is 428 g/mol. The summed E-state index contributed by atoms with van der Waals surface area (Å²) in [6, 6.07) is 2.68. The summed E-state index contributed by atoms with van der Waals surface area (Å²) in [5.41, 5.74) is 4.43. The van der Waals surface area contributed by atoms with Crippen LogP contribution >= 0.6 is 0 Å². The van der Waals surface area contributed by atoms with Crippen molar-refractivity contribution in [1.82, 2.24) is 10.2 Å². The number of piperidine rings is 2. The average molecular weight is 465 g/mol. The largest absolute Gasteiger partial charge is 0.461 e. The zero-order valence-corrected chi connectivity index (χ0v) is 20.9. The van der Waals surface area contributed by atoms with Gasteiger partial charge in [-0.1, -0.05) is 6.42 Å². The third kappa shape index (κ3) is 4.06. The fourth-order valence-corrected chi connectivity index (χ4v) is 6.17. The number of amides is 1. The molecule has 2 atom stereocenters. The molecule has 2 aromatic heterocycles. The van der Waals surface area contributed by atoms with Gasteiger partial charge in [0.25, 0.3) is 0 Å². The van der Waals surface area contributed by atoms with Gasteiger partial charge in [0.1, 0.15) is 16.9 Å². The van der Waals surface area contributed by atoms with Gasteiger partial charge in [0.15, 0.2) is 0 Å². The molecule has 182 valence electrons. The van der Waals surface area contributed by atoms with E-state index in [1.165, 1.54) is 45.2 Å². The lowest BCUT2D eigenvalue weighted by Gasteiger charge is -2.44. The molecule has 0 spiro atoms. The van der Waals surface area contributed by atoms with E-state index in [0.717, 1.165) is 45.4 Å². The number of benzene rings is 1. The number of carbonyl (C=O) groups excluding carboxylic acids is 1. The highest BCUT2D eigenvalue weighted by Gasteiger charge is 2.33. The molecule has 6 heteroatoms. The van der Waals surface area contributed by atoms with Gasteiger partial charge in [0.2, 0.25) is 5.91 Å². The minimum absolute atomic E-state index is 0.0137. The monoisotopic (exact) mass is 464 g/mol. The fourth-order valence-electron chi connectivity index (χ4n) is 6.17. The van der Waals surface area contributed by atoms with Crippen LogP contribution in [-0.4, -0.2) is 36.5 Å². The predicted molar refractivity (Wildman–Crippen MR) is 134 cm³/mol. The van der Waals surface area contributed by atoms with Gasteiger partial charge in [-0.05, 0) is 96.0 Å². The maximum absolute atomic E-state index is 12.9. The van der Waals surface area contributed by atoms with Crippen LogP contribution in [0.3, 0.4) is 0 Å². The number of fused-ring (bicyclic) bond motifs is 3. The van der Waals surface area contributed by atoms with Gasteiger partial charge in [-0.25, -0.2) is 4.79 Å². The van der Waals surface area contributed by atoms with Gasteiger partial charge in [-0.15, -0.1) is 0 Å². The van der Waals surface area contributed by atoms with Gasteiger partial charge in [0, 0.05) is 40.9 Å². The summed E-state index contributed by atoms with van der Waals surface area (Å²) < 4.78 is 11.7. The SMILES string of the molecule is Cc1oc2c(C)c3oc(=O)c(CCC(=O)NC[C@H]4CCCN5CCCC[C@H]45)c(C)c3cc2c1C. The van der Waals surface area contributed by atoms with Crippen molar-refractivity contribution in [2.24, 2.45) is 5.92 Å². The molecule has 2 fully saturated rings. The lowest BCUT2D eigenvalue weighted by atomic mass is 9.83. The maximum atomic E-state index is 12.9. The predicted octanol–water partition coefficient (Wildman–Crippen LogP) is 5.09. The molecule has 1 amide bonds. The highest BCUT2D eigenvalue weighted by molar-refractivity contribution is 6.00. The summed E-state index contributed by atoms with van der Waals surface area (Å²) >= 11 is 0. The molecule has 0 aliphatic carbocycles. The van der Waals surface area contributed by atoms with Crippen LogP contribution in [0.4, 0.5) is 0 Å². The molecule has 0 bridgehead atoms. The van der Waals surface area contributed by atoms with E-state index in [4.69, 9.17) is 8.83 Å². The lowest BCUT2D eigenvalue weighted by molar-refractivity contribution is -0.121. The first-order valence-electron chi connectivity index (χ1n) is 12.8. The first kappa shape index (κ1) is 23.2. The minimum atomic E-state index is -0.356. The summed E-state index contributed by atoms with van der Waals surface area (Å²) in [6.07, 6.45) is 6.94. The van der Waals surface area contributed by atoms with E-state index in [9.17, 15) is 9.59 Å². The standard InChI is InChI=1S/C28H36N2O4/c1-16-19(4)33-26-18(3)27-23(14-22(16)26)17(2)21(28(32)34-27)10-11-25(31)29-15-20-8-7-13-30-12-6-5-9-24(20)30/h14,20,24H,5-13,15H2,1-4H3,(H,29,31)/t20-,24-/m1/s1. The van der Waals surface area contributed by atoms with Gasteiger partial charge >= 0.3 is 5.63 Å². The molecule has 3 aromatic rings. The number of aryl methyl sites for hydroxylation is 4. The second kappa shape index (κ2) is 9.21. The zero-order chi connectivity index (χ0) is 24.0. The highest BCUT2D eigenvalue weighted by Crippen LogP contribution is 2.34. The van der Waals surface area contributed by atoms with Crippen molar-refractivity contribution >= 4 is 27.8 Å². The Bertz CT molecular complexity index is 1300. The van der Waals surface area contributed by atoms with E-state index in [2.05, 4.69) is 16.3 Å². The van der Waals surface area contributed by atoms with Crippen molar-refractivity contribution in [1.29, 1.82) is 0 Å². The molecule has 4 heterocycles. The van der Waals surface area contributed by atoms with E-state index in [1.54, 1.807) is 0 Å². The van der Waals surface area contributed by atoms with E-state index in [0.29, 0.717) is 35.9 Å². The third-order valence-corrected chi connectivity index (χ3v) is 8.34. The lowest BCUT2D eigenvalue weighted by Crippen LogP contribution is -2.51. The number of nitrogens with one attached hydrogen (secondary N) is 1. The number of hydrogen-bond donors (Lipinski definition) is 1. The summed E-state index contributed by atoms with van der Waals surface area (Å²) in [4.78, 5) is 28.2. The summed E-state index contributed by atoms with van der Waals surface area (Å²) in [7, 11) is 0. The molecule has 0 saturated carbocycles. The van der Waals surface area contributed by atoms with Crippen molar-refractivity contribution in [3.05, 3.63) is 44.5 Å². The second-order valence-electron chi connectivity index (χ2n) is 10.3. The van der Waals surface area contributed by atoms with Crippen LogP contribution in [0.5, 0.6) is 0 Å². The van der Waals surface area contributed by atoms with Crippen LogP contribution in [0.15, 0.2) is 19.7 Å². The van der Waals surface area contributed by atoms with Crippen LogP contribution in [-0.2, 0) is 11.2 Å². The molecule has 2 aliphatic heterocycles. The minimum Gasteiger partial charge on any atom is -0.461 e. The van der Waals surface area contributed by atoms with Crippen molar-refractivity contribution < 1.29 is 13.6 Å². The number of carbonyl (C=O) groups is 1. The highest BCUT2D eigenvalue weighted by atomic mass is 16.4. The van der Waals surface area contributed by atoms with Crippen molar-refractivity contribution in [2.75, 3.05) is 19.6 Å². The summed E-state index contributed by atoms with van der Waals surface area (Å²) in [5.74, 6) is 1.43. The molecule has 34 heavy (non-hydrogen) atoms. The Kier molecular flexibility index (Phi) is 6.28. The fraction of sp³-hybridized carbons (Fsp3) is 0.571. The Labute approximate surface area is 200 Å². The van der Waals surface area contributed by atoms with Crippen LogP contribution in [0.2, 0.25) is 0 Å². The number of nitrogens with zero attached hydrogens (tertiary/aromatic N) is 1. The molecule has 2 saturated heterocycles. The summed E-state index contributed by atoms with van der Waals surface area (Å²) in [5, 5.41) is 5.13. The van der Waals surface area contributed by atoms with Crippen molar-refractivity contribution in [2.45, 2.75) is 78.7 Å². The normalized spacial score (nSPS) is 21.2. The average Bonchev–Trinajstić information content (AvgIpc) is 3.12. The van der Waals surface area contributed by atoms with Crippen molar-refractivity contribution in [3.63, 3.8) is 0 Å². The van der Waals surface area contributed by atoms with Gasteiger partial charge in [-0.2, -0.15) is 0 Å². The van der Waals surface area contributed by atoms with Crippen molar-refractivity contribution in [3.8, 4) is 0 Å². The quantitative estimate of drug-likeness (QED) is 0.533. The van der Waals surface area contributed by atoms with E-state index in [-0.39, 0.29) is 11.5 Å². The first-order valence-corrected chi connectivity index (χ1v) is 12.8. The Balaban J connectivity index is 1.30. The maximum Gasteiger partial charge on any atom is 0.339 e. The third-order valence-electron chi connectivity index (χ3n) is 8.34. The molecule has 6 nitrogen and oxygen atoms in total. The second-order valence-corrected chi connectivity index (χ2v) is 10.3. The van der Waals surface area contributed by atoms with E-state index in [1.807, 2.05) is 27.7 Å². The first-order chi connectivity index (χ1) is 16.3. The molecule has 0 radical (unpaired) electrons. The molecule has 5 rings (SSSR count). The molecule has 0 unspecified atom stereocenters. The number of rotatable bonds is 5. The van der Waals surface area contributed by atoms with Crippen LogP contribution in [0, 0.1) is 33.6 Å². The van der Waals surface area contributed by atoms with Gasteiger partial charge in [-0.3, -0.25) is 4.79 Å².